The summed E-state index contributed by atoms with van der Waals surface area (Å²) >= 11 is 0. The van der Waals surface area contributed by atoms with Crippen molar-refractivity contribution in [3.63, 3.8) is 0 Å². The highest BCUT2D eigenvalue weighted by Gasteiger charge is 2.04. The first-order chi connectivity index (χ1) is 8.52. The predicted octanol–water partition coefficient (Wildman–Crippen LogP) is 2.36. The van der Waals surface area contributed by atoms with Crippen molar-refractivity contribution in [3.8, 4) is 0 Å². The van der Waals surface area contributed by atoms with Crippen LogP contribution in [0, 0.1) is 13.8 Å². The van der Waals surface area contributed by atoms with E-state index in [0.717, 1.165) is 19.7 Å². The van der Waals surface area contributed by atoms with E-state index < -0.39 is 0 Å². The molecular weight excluding hydrogens is 224 g/mol. The Morgan fingerprint density at radius 2 is 1.83 bits per heavy atom. The number of hydrogen-bond acceptors (Lipinski definition) is 3. The van der Waals surface area contributed by atoms with Crippen molar-refractivity contribution >= 4 is 5.69 Å². The zero-order valence-corrected chi connectivity index (χ0v) is 12.3. The van der Waals surface area contributed by atoms with Crippen LogP contribution in [0.25, 0.3) is 0 Å². The third-order valence-corrected chi connectivity index (χ3v) is 3.00. The molecule has 0 aliphatic rings. The minimum Gasteiger partial charge on any atom is -0.383 e. The van der Waals surface area contributed by atoms with Crippen molar-refractivity contribution in [2.24, 2.45) is 0 Å². The molecule has 3 heteroatoms. The number of likely N-dealkylation sites (N-methyl/N-ethyl adjacent to an activating group) is 1. The lowest BCUT2D eigenvalue weighted by Crippen LogP contribution is -2.36. The number of rotatable bonds is 7. The van der Waals surface area contributed by atoms with E-state index >= 15 is 0 Å². The van der Waals surface area contributed by atoms with Gasteiger partial charge < -0.3 is 15.0 Å². The van der Waals surface area contributed by atoms with Crippen LogP contribution in [0.5, 0.6) is 0 Å². The Morgan fingerprint density at radius 3 is 2.39 bits per heavy atom. The fourth-order valence-electron chi connectivity index (χ4n) is 2.09. The molecule has 1 aromatic rings. The van der Waals surface area contributed by atoms with Gasteiger partial charge in [0.1, 0.15) is 0 Å². The summed E-state index contributed by atoms with van der Waals surface area (Å²) in [5.41, 5.74) is 3.92. The first-order valence-corrected chi connectivity index (χ1v) is 6.54. The van der Waals surface area contributed by atoms with Crippen LogP contribution in [0.3, 0.4) is 0 Å². The molecule has 0 amide bonds. The number of nitrogens with one attached hydrogen (secondary N) is 1. The summed E-state index contributed by atoms with van der Waals surface area (Å²) in [7, 11) is 3.87. The van der Waals surface area contributed by atoms with Crippen LogP contribution < -0.4 is 10.2 Å². The molecule has 102 valence electrons. The van der Waals surface area contributed by atoms with Gasteiger partial charge in [0.25, 0.3) is 0 Å². The Morgan fingerprint density at radius 1 is 1.22 bits per heavy atom. The van der Waals surface area contributed by atoms with E-state index in [0.29, 0.717) is 6.04 Å². The number of hydrogen-bond donors (Lipinski definition) is 1. The number of ether oxygens (including phenoxy) is 1. The topological polar surface area (TPSA) is 24.5 Å². The SMILES string of the molecule is COCC(C)NCCN(C)c1cc(C)cc(C)c1. The Labute approximate surface area is 111 Å². The lowest BCUT2D eigenvalue weighted by molar-refractivity contribution is 0.173. The van der Waals surface area contributed by atoms with Gasteiger partial charge in [0.2, 0.25) is 0 Å². The van der Waals surface area contributed by atoms with Gasteiger partial charge in [0, 0.05) is 39.0 Å². The van der Waals surface area contributed by atoms with E-state index in [9.17, 15) is 0 Å². The lowest BCUT2D eigenvalue weighted by atomic mass is 10.1. The minimum absolute atomic E-state index is 0.405. The molecule has 0 spiro atoms. The maximum Gasteiger partial charge on any atom is 0.0613 e. The quantitative estimate of drug-likeness (QED) is 0.804. The van der Waals surface area contributed by atoms with E-state index in [4.69, 9.17) is 4.74 Å². The molecule has 0 saturated heterocycles. The standard InChI is InChI=1S/C15H26N2O/c1-12-8-13(2)10-15(9-12)17(4)7-6-16-14(3)11-18-5/h8-10,14,16H,6-7,11H2,1-5H3. The summed E-state index contributed by atoms with van der Waals surface area (Å²) in [4.78, 5) is 2.28. The molecule has 1 unspecified atom stereocenters. The Bertz CT molecular complexity index is 345. The Hall–Kier alpha value is -1.06. The molecule has 1 N–H and O–H groups in total. The summed E-state index contributed by atoms with van der Waals surface area (Å²) in [6.45, 7) is 9.14. The van der Waals surface area contributed by atoms with Crippen molar-refractivity contribution < 1.29 is 4.74 Å². The fraction of sp³-hybridized carbons (Fsp3) is 0.600. The summed E-state index contributed by atoms with van der Waals surface area (Å²) in [6, 6.07) is 7.07. The van der Waals surface area contributed by atoms with E-state index in [1.165, 1.54) is 16.8 Å². The minimum atomic E-state index is 0.405. The van der Waals surface area contributed by atoms with Crippen LogP contribution in [0.1, 0.15) is 18.1 Å². The molecule has 1 atom stereocenters. The number of nitrogens with zero attached hydrogens (tertiary/aromatic N) is 1. The molecule has 0 saturated carbocycles. The molecule has 0 radical (unpaired) electrons. The number of aryl methyl sites for hydroxylation is 2. The average Bonchev–Trinajstić information content (AvgIpc) is 2.27. The molecule has 0 aromatic heterocycles. The summed E-state index contributed by atoms with van der Waals surface area (Å²) in [6.07, 6.45) is 0. The smallest absolute Gasteiger partial charge is 0.0613 e. The van der Waals surface area contributed by atoms with Crippen molar-refractivity contribution in [2.45, 2.75) is 26.8 Å². The molecule has 18 heavy (non-hydrogen) atoms. The monoisotopic (exact) mass is 250 g/mol. The summed E-state index contributed by atoms with van der Waals surface area (Å²) in [5.74, 6) is 0. The van der Waals surface area contributed by atoms with Gasteiger partial charge in [-0.15, -0.1) is 0 Å². The van der Waals surface area contributed by atoms with Crippen molar-refractivity contribution in [1.29, 1.82) is 0 Å². The normalized spacial score (nSPS) is 12.5. The second kappa shape index (κ2) is 7.39. The van der Waals surface area contributed by atoms with Crippen LogP contribution in [-0.2, 0) is 4.74 Å². The molecule has 0 aliphatic heterocycles. The van der Waals surface area contributed by atoms with E-state index in [2.05, 4.69) is 56.2 Å². The van der Waals surface area contributed by atoms with Gasteiger partial charge in [0.05, 0.1) is 6.61 Å². The highest BCUT2D eigenvalue weighted by Crippen LogP contribution is 2.16. The second-order valence-electron chi connectivity index (χ2n) is 5.08. The number of benzene rings is 1. The summed E-state index contributed by atoms with van der Waals surface area (Å²) in [5, 5.41) is 3.45. The van der Waals surface area contributed by atoms with Gasteiger partial charge in [-0.2, -0.15) is 0 Å². The maximum absolute atomic E-state index is 5.10. The van der Waals surface area contributed by atoms with Crippen LogP contribution >= 0.6 is 0 Å². The van der Waals surface area contributed by atoms with Crippen molar-refractivity contribution in [1.82, 2.24) is 5.32 Å². The highest BCUT2D eigenvalue weighted by molar-refractivity contribution is 5.50. The Balaban J connectivity index is 2.42. The number of methoxy groups -OCH3 is 1. The third-order valence-electron chi connectivity index (χ3n) is 3.00. The Kier molecular flexibility index (Phi) is 6.16. The zero-order valence-electron chi connectivity index (χ0n) is 12.3. The largest absolute Gasteiger partial charge is 0.383 e. The molecule has 1 aromatic carbocycles. The fourth-order valence-corrected chi connectivity index (χ4v) is 2.09. The van der Waals surface area contributed by atoms with Gasteiger partial charge in [-0.1, -0.05) is 6.07 Å². The third kappa shape index (κ3) is 5.07. The van der Waals surface area contributed by atoms with Crippen LogP contribution in [0.4, 0.5) is 5.69 Å². The first kappa shape index (κ1) is 15.0. The van der Waals surface area contributed by atoms with E-state index in [1.54, 1.807) is 7.11 Å². The molecule has 0 fully saturated rings. The lowest BCUT2D eigenvalue weighted by Gasteiger charge is -2.22. The van der Waals surface area contributed by atoms with E-state index in [-0.39, 0.29) is 0 Å². The van der Waals surface area contributed by atoms with Crippen LogP contribution in [-0.4, -0.2) is 39.9 Å². The molecule has 0 aliphatic carbocycles. The van der Waals surface area contributed by atoms with Crippen LogP contribution in [0.15, 0.2) is 18.2 Å². The van der Waals surface area contributed by atoms with Gasteiger partial charge in [-0.05, 0) is 44.0 Å². The first-order valence-electron chi connectivity index (χ1n) is 6.54. The zero-order chi connectivity index (χ0) is 13.5. The second-order valence-corrected chi connectivity index (χ2v) is 5.08. The molecule has 3 nitrogen and oxygen atoms in total. The van der Waals surface area contributed by atoms with E-state index in [1.807, 2.05) is 0 Å². The van der Waals surface area contributed by atoms with Gasteiger partial charge in [0.15, 0.2) is 0 Å². The van der Waals surface area contributed by atoms with Crippen molar-refractivity contribution in [3.05, 3.63) is 29.3 Å². The maximum atomic E-state index is 5.10. The average molecular weight is 250 g/mol. The number of anilines is 1. The van der Waals surface area contributed by atoms with Crippen LogP contribution in [0.2, 0.25) is 0 Å². The molecule has 0 bridgehead atoms. The van der Waals surface area contributed by atoms with Gasteiger partial charge in [-0.25, -0.2) is 0 Å². The highest BCUT2D eigenvalue weighted by atomic mass is 16.5. The molecular formula is C15H26N2O. The van der Waals surface area contributed by atoms with Crippen molar-refractivity contribution in [2.75, 3.05) is 38.8 Å². The van der Waals surface area contributed by atoms with Gasteiger partial charge in [-0.3, -0.25) is 0 Å². The molecule has 0 heterocycles. The molecule has 1 rings (SSSR count). The van der Waals surface area contributed by atoms with Gasteiger partial charge >= 0.3 is 0 Å². The summed E-state index contributed by atoms with van der Waals surface area (Å²) < 4.78 is 5.10. The predicted molar refractivity (Wildman–Crippen MR) is 78.5 cm³/mol.